The lowest BCUT2D eigenvalue weighted by Crippen LogP contribution is -2.40. The summed E-state index contributed by atoms with van der Waals surface area (Å²) in [6.45, 7) is 0.796. The largest absolute Gasteiger partial charge is 0.486 e. The zero-order valence-corrected chi connectivity index (χ0v) is 12.7. The normalized spacial score (nSPS) is 16.3. The molecule has 0 bridgehead atoms. The maximum absolute atomic E-state index is 12.0. The number of halogens is 1. The first-order valence-corrected chi connectivity index (χ1v) is 7.30. The van der Waals surface area contributed by atoms with Crippen molar-refractivity contribution in [3.63, 3.8) is 0 Å². The topological polar surface area (TPSA) is 60.5 Å². The van der Waals surface area contributed by atoms with Crippen molar-refractivity contribution in [1.29, 1.82) is 0 Å². The summed E-state index contributed by atoms with van der Waals surface area (Å²) in [5.41, 5.74) is 0.550. The Morgan fingerprint density at radius 1 is 1.33 bits per heavy atom. The van der Waals surface area contributed by atoms with Crippen LogP contribution >= 0.6 is 15.9 Å². The van der Waals surface area contributed by atoms with E-state index in [4.69, 9.17) is 9.47 Å². The minimum Gasteiger partial charge on any atom is -0.486 e. The quantitative estimate of drug-likeness (QED) is 0.865. The van der Waals surface area contributed by atoms with E-state index in [1.807, 2.05) is 24.3 Å². The van der Waals surface area contributed by atoms with E-state index in [0.29, 0.717) is 29.1 Å². The van der Waals surface area contributed by atoms with Crippen molar-refractivity contribution in [2.75, 3.05) is 13.2 Å². The molecular formula is C15H13BrN2O3. The number of ether oxygens (including phenoxy) is 2. The fraction of sp³-hybridized carbons (Fsp3) is 0.200. The van der Waals surface area contributed by atoms with Crippen LogP contribution in [0.3, 0.4) is 0 Å². The Bertz CT molecular complexity index is 663. The molecule has 0 saturated heterocycles. The molecule has 5 nitrogen and oxygen atoms in total. The number of hydrogen-bond acceptors (Lipinski definition) is 4. The maximum Gasteiger partial charge on any atom is 0.251 e. The molecule has 6 heteroatoms. The number of amides is 1. The number of hydrogen-bond donors (Lipinski definition) is 1. The molecular weight excluding hydrogens is 336 g/mol. The zero-order chi connectivity index (χ0) is 14.7. The van der Waals surface area contributed by atoms with Crippen LogP contribution in [0.15, 0.2) is 47.2 Å². The number of nitrogens with one attached hydrogen (secondary N) is 1. The molecule has 0 radical (unpaired) electrons. The lowest BCUT2D eigenvalue weighted by molar-refractivity contribution is 0.0789. The third kappa shape index (κ3) is 3.33. The molecule has 1 unspecified atom stereocenters. The predicted octanol–water partition coefficient (Wildman–Crippen LogP) is 2.41. The van der Waals surface area contributed by atoms with Gasteiger partial charge in [-0.05, 0) is 40.2 Å². The summed E-state index contributed by atoms with van der Waals surface area (Å²) in [6, 6.07) is 10.8. The molecule has 2 heterocycles. The average molecular weight is 349 g/mol. The minimum absolute atomic E-state index is 0.166. The van der Waals surface area contributed by atoms with Crippen molar-refractivity contribution >= 4 is 21.8 Å². The van der Waals surface area contributed by atoms with E-state index in [9.17, 15) is 4.79 Å². The Kier molecular flexibility index (Phi) is 4.06. The Balaban J connectivity index is 1.58. The number of pyridine rings is 1. The van der Waals surface area contributed by atoms with Crippen LogP contribution in [-0.4, -0.2) is 30.1 Å². The van der Waals surface area contributed by atoms with E-state index < -0.39 is 0 Å². The Labute approximate surface area is 130 Å². The standard InChI is InChI=1S/C15H13BrN2O3/c16-14-7-10(5-6-17-14)15(19)18-8-11-9-20-12-3-1-2-4-13(12)21-11/h1-7,11H,8-9H2,(H,18,19). The molecule has 108 valence electrons. The minimum atomic E-state index is -0.200. The van der Waals surface area contributed by atoms with Crippen LogP contribution in [0, 0.1) is 0 Å². The van der Waals surface area contributed by atoms with E-state index in [-0.39, 0.29) is 12.0 Å². The highest BCUT2D eigenvalue weighted by Gasteiger charge is 2.21. The highest BCUT2D eigenvalue weighted by molar-refractivity contribution is 9.10. The summed E-state index contributed by atoms with van der Waals surface area (Å²) in [6.07, 6.45) is 1.38. The fourth-order valence-corrected chi connectivity index (χ4v) is 2.38. The molecule has 0 saturated carbocycles. The predicted molar refractivity (Wildman–Crippen MR) is 80.6 cm³/mol. The van der Waals surface area contributed by atoms with Crippen LogP contribution in [0.4, 0.5) is 0 Å². The van der Waals surface area contributed by atoms with Crippen molar-refractivity contribution in [2.45, 2.75) is 6.10 Å². The van der Waals surface area contributed by atoms with Crippen molar-refractivity contribution in [3.8, 4) is 11.5 Å². The van der Waals surface area contributed by atoms with Gasteiger partial charge in [0.05, 0.1) is 6.54 Å². The van der Waals surface area contributed by atoms with E-state index in [1.54, 1.807) is 18.3 Å². The second-order valence-electron chi connectivity index (χ2n) is 4.57. The fourth-order valence-electron chi connectivity index (χ4n) is 2.02. The maximum atomic E-state index is 12.0. The van der Waals surface area contributed by atoms with Gasteiger partial charge in [0, 0.05) is 11.8 Å². The van der Waals surface area contributed by atoms with E-state index in [0.717, 1.165) is 5.75 Å². The molecule has 1 N–H and O–H groups in total. The van der Waals surface area contributed by atoms with Gasteiger partial charge in [-0.15, -0.1) is 0 Å². The van der Waals surface area contributed by atoms with E-state index >= 15 is 0 Å². The number of rotatable bonds is 3. The third-order valence-corrected chi connectivity index (χ3v) is 3.48. The van der Waals surface area contributed by atoms with Gasteiger partial charge in [-0.1, -0.05) is 12.1 Å². The number of aromatic nitrogens is 1. The second kappa shape index (κ2) is 6.13. The molecule has 0 aliphatic carbocycles. The molecule has 1 aliphatic rings. The molecule has 1 aliphatic heterocycles. The first kappa shape index (κ1) is 13.9. The van der Waals surface area contributed by atoms with Crippen LogP contribution in [-0.2, 0) is 0 Å². The van der Waals surface area contributed by atoms with Gasteiger partial charge in [-0.25, -0.2) is 4.98 Å². The Hall–Kier alpha value is -2.08. The third-order valence-electron chi connectivity index (χ3n) is 3.05. The highest BCUT2D eigenvalue weighted by Crippen LogP contribution is 2.30. The number of carbonyl (C=O) groups excluding carboxylic acids is 1. The van der Waals surface area contributed by atoms with Crippen molar-refractivity contribution in [1.82, 2.24) is 10.3 Å². The molecule has 2 aromatic rings. The van der Waals surface area contributed by atoms with Crippen LogP contribution in [0.25, 0.3) is 0 Å². The summed E-state index contributed by atoms with van der Waals surface area (Å²) in [7, 11) is 0. The molecule has 1 atom stereocenters. The highest BCUT2D eigenvalue weighted by atomic mass is 79.9. The van der Waals surface area contributed by atoms with Gasteiger partial charge < -0.3 is 14.8 Å². The first-order chi connectivity index (χ1) is 10.2. The van der Waals surface area contributed by atoms with Gasteiger partial charge in [0.15, 0.2) is 11.5 Å². The zero-order valence-electron chi connectivity index (χ0n) is 11.1. The van der Waals surface area contributed by atoms with E-state index in [2.05, 4.69) is 26.2 Å². The summed E-state index contributed by atoms with van der Waals surface area (Å²) in [4.78, 5) is 16.0. The van der Waals surface area contributed by atoms with Crippen LogP contribution in [0.1, 0.15) is 10.4 Å². The number of para-hydroxylation sites is 2. The molecule has 0 fully saturated rings. The van der Waals surface area contributed by atoms with Crippen molar-refractivity contribution in [3.05, 3.63) is 52.8 Å². The summed E-state index contributed by atoms with van der Waals surface area (Å²) in [5.74, 6) is 1.27. The molecule has 0 spiro atoms. The number of benzene rings is 1. The van der Waals surface area contributed by atoms with Gasteiger partial charge in [0.1, 0.15) is 17.3 Å². The number of nitrogens with zero attached hydrogens (tertiary/aromatic N) is 1. The van der Waals surface area contributed by atoms with Gasteiger partial charge in [0.25, 0.3) is 5.91 Å². The second-order valence-corrected chi connectivity index (χ2v) is 5.39. The van der Waals surface area contributed by atoms with Gasteiger partial charge >= 0.3 is 0 Å². The first-order valence-electron chi connectivity index (χ1n) is 6.50. The van der Waals surface area contributed by atoms with E-state index in [1.165, 1.54) is 0 Å². The van der Waals surface area contributed by atoms with Crippen molar-refractivity contribution in [2.24, 2.45) is 0 Å². The Morgan fingerprint density at radius 2 is 2.14 bits per heavy atom. The molecule has 3 rings (SSSR count). The van der Waals surface area contributed by atoms with Gasteiger partial charge in [0.2, 0.25) is 0 Å². The Morgan fingerprint density at radius 3 is 2.95 bits per heavy atom. The molecule has 1 aromatic carbocycles. The van der Waals surface area contributed by atoms with Crippen LogP contribution in [0.2, 0.25) is 0 Å². The van der Waals surface area contributed by atoms with Gasteiger partial charge in [-0.2, -0.15) is 0 Å². The molecule has 1 amide bonds. The van der Waals surface area contributed by atoms with Crippen LogP contribution < -0.4 is 14.8 Å². The summed E-state index contributed by atoms with van der Waals surface area (Å²) < 4.78 is 12.0. The number of carbonyl (C=O) groups is 1. The summed E-state index contributed by atoms with van der Waals surface area (Å²) in [5, 5.41) is 2.83. The molecule has 1 aromatic heterocycles. The smallest absolute Gasteiger partial charge is 0.251 e. The lowest BCUT2D eigenvalue weighted by atomic mass is 10.2. The lowest BCUT2D eigenvalue weighted by Gasteiger charge is -2.26. The van der Waals surface area contributed by atoms with Gasteiger partial charge in [-0.3, -0.25) is 4.79 Å². The monoisotopic (exact) mass is 348 g/mol. The molecule has 21 heavy (non-hydrogen) atoms. The SMILES string of the molecule is O=C(NCC1COc2ccccc2O1)c1ccnc(Br)c1. The number of fused-ring (bicyclic) bond motifs is 1. The van der Waals surface area contributed by atoms with Crippen LogP contribution in [0.5, 0.6) is 11.5 Å². The van der Waals surface area contributed by atoms with Crippen molar-refractivity contribution < 1.29 is 14.3 Å². The average Bonchev–Trinajstić information content (AvgIpc) is 2.52. The summed E-state index contributed by atoms with van der Waals surface area (Å²) >= 11 is 3.24.